The van der Waals surface area contributed by atoms with Gasteiger partial charge in [0.2, 0.25) is 0 Å². The van der Waals surface area contributed by atoms with Crippen molar-refractivity contribution in [2.45, 2.75) is 13.0 Å². The van der Waals surface area contributed by atoms with Crippen LogP contribution in [0.3, 0.4) is 0 Å². The Bertz CT molecular complexity index is 378. The van der Waals surface area contributed by atoms with E-state index in [0.717, 1.165) is 11.3 Å². The summed E-state index contributed by atoms with van der Waals surface area (Å²) in [5, 5.41) is 9.11. The molecule has 0 radical (unpaired) electrons. The van der Waals surface area contributed by atoms with Crippen molar-refractivity contribution in [3.05, 3.63) is 29.8 Å². The molecule has 80 valence electrons. The number of aliphatic hydroxyl groups excluding tert-OH is 1. The molecular weight excluding hydrogens is 194 g/mol. The van der Waals surface area contributed by atoms with Crippen LogP contribution in [-0.4, -0.2) is 30.5 Å². The molecule has 1 unspecified atom stereocenters. The van der Waals surface area contributed by atoms with Crippen molar-refractivity contribution < 1.29 is 14.6 Å². The molecule has 0 aliphatic carbocycles. The Hall–Kier alpha value is -1.55. The summed E-state index contributed by atoms with van der Waals surface area (Å²) >= 11 is 0. The number of nitrogens with zero attached hydrogens (tertiary/aromatic N) is 1. The average molecular weight is 207 g/mol. The molecule has 1 aromatic rings. The number of aryl methyl sites for hydroxylation is 1. The number of hydrogen-bond donors (Lipinski definition) is 1. The van der Waals surface area contributed by atoms with Crippen LogP contribution in [0, 0.1) is 6.92 Å². The van der Waals surface area contributed by atoms with Gasteiger partial charge in [-0.05, 0) is 24.6 Å². The highest BCUT2D eigenvalue weighted by molar-refractivity contribution is 5.90. The molecule has 1 amide bonds. The van der Waals surface area contributed by atoms with Crippen molar-refractivity contribution in [3.8, 4) is 0 Å². The minimum absolute atomic E-state index is 0.0836. The van der Waals surface area contributed by atoms with Crippen molar-refractivity contribution in [2.75, 3.05) is 18.1 Å². The van der Waals surface area contributed by atoms with Crippen LogP contribution >= 0.6 is 0 Å². The van der Waals surface area contributed by atoms with Gasteiger partial charge in [0.15, 0.2) is 0 Å². The second-order valence-electron chi connectivity index (χ2n) is 3.62. The molecule has 1 saturated heterocycles. The van der Waals surface area contributed by atoms with E-state index < -0.39 is 0 Å². The summed E-state index contributed by atoms with van der Waals surface area (Å²) in [6, 6.07) is 7.31. The van der Waals surface area contributed by atoms with Gasteiger partial charge in [0, 0.05) is 5.69 Å². The van der Waals surface area contributed by atoms with Crippen LogP contribution in [0.4, 0.5) is 10.5 Å². The molecule has 1 atom stereocenters. The van der Waals surface area contributed by atoms with Gasteiger partial charge in [0.25, 0.3) is 0 Å². The Morgan fingerprint density at radius 2 is 2.40 bits per heavy atom. The monoisotopic (exact) mass is 207 g/mol. The summed E-state index contributed by atoms with van der Waals surface area (Å²) in [7, 11) is 0. The molecule has 2 rings (SSSR count). The number of benzene rings is 1. The summed E-state index contributed by atoms with van der Waals surface area (Å²) in [6.45, 7) is 2.13. The maximum absolute atomic E-state index is 11.4. The Balaban J connectivity index is 2.32. The van der Waals surface area contributed by atoms with Gasteiger partial charge in [0.1, 0.15) is 6.61 Å². The van der Waals surface area contributed by atoms with Crippen LogP contribution in [0.5, 0.6) is 0 Å². The van der Waals surface area contributed by atoms with E-state index in [0.29, 0.717) is 0 Å². The van der Waals surface area contributed by atoms with E-state index in [2.05, 4.69) is 0 Å². The third-order valence-electron chi connectivity index (χ3n) is 2.45. The van der Waals surface area contributed by atoms with Gasteiger partial charge in [-0.3, -0.25) is 4.90 Å². The SMILES string of the molecule is Cc1cccc(N2C(=O)OCC2CO)c1. The predicted molar refractivity (Wildman–Crippen MR) is 55.9 cm³/mol. The van der Waals surface area contributed by atoms with Gasteiger partial charge >= 0.3 is 6.09 Å². The molecule has 4 nitrogen and oxygen atoms in total. The van der Waals surface area contributed by atoms with E-state index in [-0.39, 0.29) is 25.3 Å². The third-order valence-corrected chi connectivity index (χ3v) is 2.45. The largest absolute Gasteiger partial charge is 0.447 e. The highest BCUT2D eigenvalue weighted by Crippen LogP contribution is 2.23. The summed E-state index contributed by atoms with van der Waals surface area (Å²) in [5.41, 5.74) is 1.85. The van der Waals surface area contributed by atoms with Gasteiger partial charge in [-0.15, -0.1) is 0 Å². The fourth-order valence-electron chi connectivity index (χ4n) is 1.69. The second-order valence-corrected chi connectivity index (χ2v) is 3.62. The highest BCUT2D eigenvalue weighted by Gasteiger charge is 2.33. The first-order valence-electron chi connectivity index (χ1n) is 4.86. The minimum atomic E-state index is -0.389. The van der Waals surface area contributed by atoms with Gasteiger partial charge in [-0.1, -0.05) is 12.1 Å². The van der Waals surface area contributed by atoms with Crippen molar-refractivity contribution in [1.29, 1.82) is 0 Å². The topological polar surface area (TPSA) is 49.8 Å². The van der Waals surface area contributed by atoms with Crippen LogP contribution in [0.25, 0.3) is 0 Å². The summed E-state index contributed by atoms with van der Waals surface area (Å²) in [4.78, 5) is 12.9. The van der Waals surface area contributed by atoms with E-state index in [1.165, 1.54) is 4.90 Å². The van der Waals surface area contributed by atoms with E-state index in [4.69, 9.17) is 9.84 Å². The number of carbonyl (C=O) groups is 1. The van der Waals surface area contributed by atoms with Crippen molar-refractivity contribution in [1.82, 2.24) is 0 Å². The number of amides is 1. The molecule has 4 heteroatoms. The maximum Gasteiger partial charge on any atom is 0.414 e. The van der Waals surface area contributed by atoms with Crippen LogP contribution in [0.2, 0.25) is 0 Å². The lowest BCUT2D eigenvalue weighted by molar-refractivity contribution is 0.174. The summed E-state index contributed by atoms with van der Waals surface area (Å²) in [5.74, 6) is 0. The molecular formula is C11H13NO3. The van der Waals surface area contributed by atoms with Crippen molar-refractivity contribution >= 4 is 11.8 Å². The molecule has 0 spiro atoms. The van der Waals surface area contributed by atoms with Crippen molar-refractivity contribution in [3.63, 3.8) is 0 Å². The van der Waals surface area contributed by atoms with Crippen LogP contribution in [-0.2, 0) is 4.74 Å². The number of anilines is 1. The van der Waals surface area contributed by atoms with Crippen LogP contribution < -0.4 is 4.90 Å². The summed E-state index contributed by atoms with van der Waals surface area (Å²) < 4.78 is 4.89. The Morgan fingerprint density at radius 3 is 3.07 bits per heavy atom. The van der Waals surface area contributed by atoms with Gasteiger partial charge in [-0.2, -0.15) is 0 Å². The highest BCUT2D eigenvalue weighted by atomic mass is 16.6. The number of hydrogen-bond acceptors (Lipinski definition) is 3. The number of rotatable bonds is 2. The molecule has 0 bridgehead atoms. The van der Waals surface area contributed by atoms with E-state index in [1.807, 2.05) is 31.2 Å². The van der Waals surface area contributed by atoms with E-state index in [1.54, 1.807) is 0 Å². The average Bonchev–Trinajstić information content (AvgIpc) is 2.59. The molecule has 1 aliphatic heterocycles. The smallest absolute Gasteiger partial charge is 0.414 e. The van der Waals surface area contributed by atoms with Gasteiger partial charge in [-0.25, -0.2) is 4.79 Å². The lowest BCUT2D eigenvalue weighted by Gasteiger charge is -2.19. The number of carbonyl (C=O) groups excluding carboxylic acids is 1. The first kappa shape index (κ1) is 9.98. The molecule has 1 fully saturated rings. The fourth-order valence-corrected chi connectivity index (χ4v) is 1.69. The molecule has 1 aliphatic rings. The summed E-state index contributed by atoms with van der Waals surface area (Å²) in [6.07, 6.45) is -0.389. The molecule has 1 heterocycles. The molecule has 0 aromatic heterocycles. The zero-order valence-corrected chi connectivity index (χ0v) is 8.51. The van der Waals surface area contributed by atoms with Crippen LogP contribution in [0.1, 0.15) is 5.56 Å². The lowest BCUT2D eigenvalue weighted by Crippen LogP contribution is -2.36. The number of ether oxygens (including phenoxy) is 1. The molecule has 15 heavy (non-hydrogen) atoms. The lowest BCUT2D eigenvalue weighted by atomic mass is 10.2. The number of aliphatic hydroxyl groups is 1. The van der Waals surface area contributed by atoms with Gasteiger partial charge < -0.3 is 9.84 Å². The predicted octanol–water partition coefficient (Wildman–Crippen LogP) is 1.31. The van der Waals surface area contributed by atoms with E-state index in [9.17, 15) is 4.79 Å². The molecule has 1 aromatic carbocycles. The maximum atomic E-state index is 11.4. The zero-order valence-electron chi connectivity index (χ0n) is 8.51. The van der Waals surface area contributed by atoms with E-state index >= 15 is 0 Å². The molecule has 1 N–H and O–H groups in total. The third kappa shape index (κ3) is 1.80. The van der Waals surface area contributed by atoms with Gasteiger partial charge in [0.05, 0.1) is 12.6 Å². The van der Waals surface area contributed by atoms with Crippen molar-refractivity contribution in [2.24, 2.45) is 0 Å². The standard InChI is InChI=1S/C11H13NO3/c1-8-3-2-4-9(5-8)12-10(6-13)7-15-11(12)14/h2-5,10,13H,6-7H2,1H3. The Labute approximate surface area is 88.1 Å². The van der Waals surface area contributed by atoms with Crippen LogP contribution in [0.15, 0.2) is 24.3 Å². The fraction of sp³-hybridized carbons (Fsp3) is 0.364. The normalized spacial score (nSPS) is 20.5. The second kappa shape index (κ2) is 3.90. The minimum Gasteiger partial charge on any atom is -0.447 e. The Kier molecular flexibility index (Phi) is 2.60. The first-order valence-corrected chi connectivity index (χ1v) is 4.86. The zero-order chi connectivity index (χ0) is 10.8. The quantitative estimate of drug-likeness (QED) is 0.795. The first-order chi connectivity index (χ1) is 7.22. The Morgan fingerprint density at radius 1 is 1.60 bits per heavy atom. The molecule has 0 saturated carbocycles. The number of cyclic esters (lactones) is 1.